The van der Waals surface area contributed by atoms with Crippen LogP contribution in [0.5, 0.6) is 0 Å². The molecular formula is C17H21N5O3. The van der Waals surface area contributed by atoms with Crippen LogP contribution in [0.25, 0.3) is 0 Å². The summed E-state index contributed by atoms with van der Waals surface area (Å²) in [5.41, 5.74) is 1.13. The van der Waals surface area contributed by atoms with Crippen molar-refractivity contribution in [3.05, 3.63) is 30.1 Å². The summed E-state index contributed by atoms with van der Waals surface area (Å²) >= 11 is 0. The highest BCUT2D eigenvalue weighted by molar-refractivity contribution is 6.45. The largest absolute Gasteiger partial charge is 0.392 e. The third kappa shape index (κ3) is 5.57. The molecule has 132 valence electrons. The Morgan fingerprint density at radius 2 is 2.36 bits per heavy atom. The Balaban J connectivity index is 1.80. The van der Waals surface area contributed by atoms with Gasteiger partial charge in [0.15, 0.2) is 0 Å². The van der Waals surface area contributed by atoms with Gasteiger partial charge in [0.2, 0.25) is 5.71 Å². The van der Waals surface area contributed by atoms with E-state index in [1.54, 1.807) is 30.6 Å². The van der Waals surface area contributed by atoms with Gasteiger partial charge in [-0.1, -0.05) is 37.1 Å². The minimum Gasteiger partial charge on any atom is -0.392 e. The van der Waals surface area contributed by atoms with Gasteiger partial charge in [-0.15, -0.1) is 0 Å². The van der Waals surface area contributed by atoms with Crippen LogP contribution in [-0.2, 0) is 21.1 Å². The summed E-state index contributed by atoms with van der Waals surface area (Å²) in [6.45, 7) is 6.52. The maximum atomic E-state index is 12.0. The van der Waals surface area contributed by atoms with E-state index in [0.717, 1.165) is 11.3 Å². The van der Waals surface area contributed by atoms with E-state index in [-0.39, 0.29) is 30.4 Å². The van der Waals surface area contributed by atoms with Gasteiger partial charge in [-0.25, -0.2) is 0 Å². The van der Waals surface area contributed by atoms with Crippen molar-refractivity contribution in [2.24, 2.45) is 15.7 Å². The normalized spacial score (nSPS) is 17.3. The molecule has 0 saturated carbocycles. The Kier molecular flexibility index (Phi) is 6.06. The molecule has 1 aliphatic rings. The Morgan fingerprint density at radius 1 is 1.56 bits per heavy atom. The van der Waals surface area contributed by atoms with Gasteiger partial charge in [0.1, 0.15) is 18.8 Å². The second-order valence-electron chi connectivity index (χ2n) is 6.69. The van der Waals surface area contributed by atoms with Crippen molar-refractivity contribution < 1.29 is 14.5 Å². The van der Waals surface area contributed by atoms with E-state index in [9.17, 15) is 4.79 Å². The molecule has 1 aromatic rings. The zero-order chi connectivity index (χ0) is 18.3. The van der Waals surface area contributed by atoms with E-state index < -0.39 is 5.91 Å². The predicted octanol–water partition coefficient (Wildman–Crippen LogP) is 1.78. The van der Waals surface area contributed by atoms with Gasteiger partial charge in [-0.05, 0) is 6.07 Å². The zero-order valence-corrected chi connectivity index (χ0v) is 14.5. The molecule has 0 radical (unpaired) electrons. The van der Waals surface area contributed by atoms with Crippen molar-refractivity contribution in [2.75, 3.05) is 6.54 Å². The van der Waals surface area contributed by atoms with Crippen LogP contribution in [0, 0.1) is 16.7 Å². The lowest BCUT2D eigenvalue weighted by atomic mass is 9.86. The standard InChI is InChI=1S/C17H21N5O3/c1-17(2,3)15-7-13(21-25-15)10-20-16(23)14(8-18)22-24-11-12-5-4-6-19-9-12/h4-6,9,15H,7,10-11H2,1-3H3,(H,20,23)/b22-14+. The molecule has 8 nitrogen and oxygen atoms in total. The number of rotatable bonds is 6. The number of hydrogen-bond acceptors (Lipinski definition) is 7. The number of hydrogen-bond donors (Lipinski definition) is 1. The van der Waals surface area contributed by atoms with Crippen LogP contribution in [0.15, 0.2) is 34.8 Å². The summed E-state index contributed by atoms with van der Waals surface area (Å²) in [4.78, 5) is 26.3. The second-order valence-corrected chi connectivity index (χ2v) is 6.69. The van der Waals surface area contributed by atoms with E-state index in [0.29, 0.717) is 6.42 Å². The Labute approximate surface area is 146 Å². The molecule has 25 heavy (non-hydrogen) atoms. The predicted molar refractivity (Wildman–Crippen MR) is 91.5 cm³/mol. The van der Waals surface area contributed by atoms with Crippen LogP contribution in [-0.4, -0.2) is 35.0 Å². The van der Waals surface area contributed by atoms with Crippen molar-refractivity contribution in [3.8, 4) is 6.07 Å². The average Bonchev–Trinajstić information content (AvgIpc) is 3.07. The molecule has 8 heteroatoms. The van der Waals surface area contributed by atoms with E-state index in [4.69, 9.17) is 14.9 Å². The van der Waals surface area contributed by atoms with Gasteiger partial charge in [-0.3, -0.25) is 9.78 Å². The fourth-order valence-electron chi connectivity index (χ4n) is 2.03. The lowest BCUT2D eigenvalue weighted by Crippen LogP contribution is -2.35. The molecule has 1 aromatic heterocycles. The van der Waals surface area contributed by atoms with Crippen molar-refractivity contribution in [2.45, 2.75) is 39.9 Å². The van der Waals surface area contributed by atoms with Crippen LogP contribution in [0.4, 0.5) is 0 Å². The molecule has 0 aromatic carbocycles. The third-order valence-corrected chi connectivity index (χ3v) is 3.58. The highest BCUT2D eigenvalue weighted by atomic mass is 16.6. The molecule has 1 aliphatic heterocycles. The molecule has 1 N–H and O–H groups in total. The van der Waals surface area contributed by atoms with Gasteiger partial charge >= 0.3 is 0 Å². The number of pyridine rings is 1. The monoisotopic (exact) mass is 343 g/mol. The summed E-state index contributed by atoms with van der Waals surface area (Å²) in [5, 5.41) is 19.2. The number of carbonyl (C=O) groups is 1. The number of amides is 1. The number of aromatic nitrogens is 1. The lowest BCUT2D eigenvalue weighted by molar-refractivity contribution is -0.114. The average molecular weight is 343 g/mol. The Morgan fingerprint density at radius 3 is 2.96 bits per heavy atom. The number of oxime groups is 2. The smallest absolute Gasteiger partial charge is 0.284 e. The van der Waals surface area contributed by atoms with Crippen LogP contribution in [0.2, 0.25) is 0 Å². The first-order valence-corrected chi connectivity index (χ1v) is 7.89. The van der Waals surface area contributed by atoms with E-state index >= 15 is 0 Å². The fraction of sp³-hybridized carbons (Fsp3) is 0.471. The van der Waals surface area contributed by atoms with Crippen molar-refractivity contribution in [3.63, 3.8) is 0 Å². The van der Waals surface area contributed by atoms with E-state index in [1.807, 2.05) is 0 Å². The molecule has 0 aliphatic carbocycles. The molecule has 0 fully saturated rings. The van der Waals surface area contributed by atoms with E-state index in [1.165, 1.54) is 0 Å². The quantitative estimate of drug-likeness (QED) is 0.625. The summed E-state index contributed by atoms with van der Waals surface area (Å²) in [5.74, 6) is -0.615. The first kappa shape index (κ1) is 18.4. The molecule has 2 rings (SSSR count). The molecule has 0 bridgehead atoms. The van der Waals surface area contributed by atoms with Crippen molar-refractivity contribution in [1.29, 1.82) is 5.26 Å². The molecule has 1 amide bonds. The van der Waals surface area contributed by atoms with Gasteiger partial charge in [0.25, 0.3) is 5.91 Å². The van der Waals surface area contributed by atoms with Crippen LogP contribution >= 0.6 is 0 Å². The maximum absolute atomic E-state index is 12.0. The number of nitriles is 1. The van der Waals surface area contributed by atoms with E-state index in [2.05, 4.69) is 41.4 Å². The second kappa shape index (κ2) is 8.24. The van der Waals surface area contributed by atoms with Crippen LogP contribution < -0.4 is 5.32 Å². The molecule has 1 atom stereocenters. The van der Waals surface area contributed by atoms with Crippen molar-refractivity contribution >= 4 is 17.3 Å². The fourth-order valence-corrected chi connectivity index (χ4v) is 2.03. The van der Waals surface area contributed by atoms with Gasteiger partial charge < -0.3 is 15.0 Å². The first-order chi connectivity index (χ1) is 11.9. The Hall–Kier alpha value is -2.95. The Bertz CT molecular complexity index is 701. The number of carbonyl (C=O) groups excluding carboxylic acids is 1. The van der Waals surface area contributed by atoms with Crippen LogP contribution in [0.3, 0.4) is 0 Å². The SMILES string of the molecule is CC(C)(C)C1CC(CNC(=O)/C(C#N)=N/OCc2cccnc2)=NO1. The summed E-state index contributed by atoms with van der Waals surface area (Å²) in [7, 11) is 0. The summed E-state index contributed by atoms with van der Waals surface area (Å²) in [6.07, 6.45) is 3.87. The maximum Gasteiger partial charge on any atom is 0.284 e. The van der Waals surface area contributed by atoms with Gasteiger partial charge in [0.05, 0.1) is 12.3 Å². The van der Waals surface area contributed by atoms with Gasteiger partial charge in [0, 0.05) is 29.8 Å². The molecule has 1 unspecified atom stereocenters. The molecule has 0 spiro atoms. The first-order valence-electron chi connectivity index (χ1n) is 7.89. The number of nitrogens with one attached hydrogen (secondary N) is 1. The molecule has 2 heterocycles. The highest BCUT2D eigenvalue weighted by Crippen LogP contribution is 2.28. The van der Waals surface area contributed by atoms with Gasteiger partial charge in [-0.2, -0.15) is 5.26 Å². The summed E-state index contributed by atoms with van der Waals surface area (Å²) < 4.78 is 0. The lowest BCUT2D eigenvalue weighted by Gasteiger charge is -2.23. The number of nitrogens with zero attached hydrogens (tertiary/aromatic N) is 4. The topological polar surface area (TPSA) is 109 Å². The molecule has 0 saturated heterocycles. The zero-order valence-electron chi connectivity index (χ0n) is 14.5. The third-order valence-electron chi connectivity index (χ3n) is 3.58. The van der Waals surface area contributed by atoms with Crippen LogP contribution in [0.1, 0.15) is 32.8 Å². The highest BCUT2D eigenvalue weighted by Gasteiger charge is 2.32. The minimum absolute atomic E-state index is 0.0219. The van der Waals surface area contributed by atoms with Crippen molar-refractivity contribution in [1.82, 2.24) is 10.3 Å². The molecular weight excluding hydrogens is 322 g/mol. The minimum atomic E-state index is -0.615. The summed E-state index contributed by atoms with van der Waals surface area (Å²) in [6, 6.07) is 5.29.